The van der Waals surface area contributed by atoms with Gasteiger partial charge in [0.15, 0.2) is 11.5 Å². The Bertz CT molecular complexity index is 772. The van der Waals surface area contributed by atoms with Gasteiger partial charge in [-0.3, -0.25) is 19.5 Å². The largest absolute Gasteiger partial charge is 0.454 e. The molecule has 0 aliphatic carbocycles. The highest BCUT2D eigenvalue weighted by Crippen LogP contribution is 2.33. The van der Waals surface area contributed by atoms with Crippen molar-refractivity contribution in [2.24, 2.45) is 0 Å². The Morgan fingerprint density at radius 1 is 0.903 bits per heavy atom. The van der Waals surface area contributed by atoms with E-state index in [1.807, 2.05) is 11.0 Å². The van der Waals surface area contributed by atoms with Crippen molar-refractivity contribution in [3.8, 4) is 11.5 Å². The van der Waals surface area contributed by atoms with E-state index in [0.29, 0.717) is 18.9 Å². The van der Waals surface area contributed by atoms with Crippen LogP contribution in [0.1, 0.15) is 38.2 Å². The minimum absolute atomic E-state index is 0.230. The molecular formula is C24H36N4O3. The molecule has 31 heavy (non-hydrogen) atoms. The number of fused-ring (bicyclic) bond motifs is 1. The smallest absolute Gasteiger partial charge is 0.231 e. The molecule has 0 N–H and O–H groups in total. The summed E-state index contributed by atoms with van der Waals surface area (Å²) >= 11 is 0. The molecule has 4 heterocycles. The van der Waals surface area contributed by atoms with Crippen LogP contribution in [0.2, 0.25) is 0 Å². The lowest BCUT2D eigenvalue weighted by atomic mass is 9.96. The molecule has 170 valence electrons. The average Bonchev–Trinajstić information content (AvgIpc) is 3.28. The average molecular weight is 429 g/mol. The SMILES string of the molecule is CC(=O)N1CCC(N2CCC[C@@H](N3CCN(Cc4ccc5c(c4)OCO5)CC3)C2)CC1. The van der Waals surface area contributed by atoms with Crippen molar-refractivity contribution in [2.45, 2.75) is 51.2 Å². The van der Waals surface area contributed by atoms with Gasteiger partial charge in [-0.2, -0.15) is 0 Å². The highest BCUT2D eigenvalue weighted by molar-refractivity contribution is 5.73. The Morgan fingerprint density at radius 3 is 2.45 bits per heavy atom. The van der Waals surface area contributed by atoms with Crippen LogP contribution in [0.4, 0.5) is 0 Å². The predicted octanol–water partition coefficient (Wildman–Crippen LogP) is 2.01. The summed E-state index contributed by atoms with van der Waals surface area (Å²) in [5.41, 5.74) is 1.30. The van der Waals surface area contributed by atoms with E-state index < -0.39 is 0 Å². The van der Waals surface area contributed by atoms with Gasteiger partial charge in [0, 0.05) is 71.4 Å². The highest BCUT2D eigenvalue weighted by Gasteiger charge is 2.32. The fraction of sp³-hybridized carbons (Fsp3) is 0.708. The van der Waals surface area contributed by atoms with E-state index in [4.69, 9.17) is 9.47 Å². The van der Waals surface area contributed by atoms with Crippen LogP contribution < -0.4 is 9.47 Å². The quantitative estimate of drug-likeness (QED) is 0.731. The maximum Gasteiger partial charge on any atom is 0.231 e. The molecule has 1 aromatic carbocycles. The van der Waals surface area contributed by atoms with Crippen molar-refractivity contribution in [1.82, 2.24) is 19.6 Å². The minimum atomic E-state index is 0.230. The normalized spacial score (nSPS) is 26.4. The first-order valence-electron chi connectivity index (χ1n) is 12.0. The number of carbonyl (C=O) groups excluding carboxylic acids is 1. The number of amides is 1. The molecule has 5 rings (SSSR count). The molecule has 4 aliphatic heterocycles. The number of piperazine rings is 1. The Labute approximate surface area is 185 Å². The fourth-order valence-corrected chi connectivity index (χ4v) is 5.74. The van der Waals surface area contributed by atoms with Gasteiger partial charge in [0.05, 0.1) is 0 Å². The van der Waals surface area contributed by atoms with E-state index in [9.17, 15) is 4.79 Å². The third-order valence-corrected chi connectivity index (χ3v) is 7.62. The number of hydrogen-bond donors (Lipinski definition) is 0. The second-order valence-electron chi connectivity index (χ2n) is 9.53. The molecule has 1 atom stereocenters. The number of benzene rings is 1. The Balaban J connectivity index is 1.09. The molecule has 0 aromatic heterocycles. The minimum Gasteiger partial charge on any atom is -0.454 e. The van der Waals surface area contributed by atoms with Gasteiger partial charge in [-0.1, -0.05) is 6.07 Å². The third kappa shape index (κ3) is 4.83. The molecule has 1 amide bonds. The second-order valence-corrected chi connectivity index (χ2v) is 9.53. The Morgan fingerprint density at radius 2 is 1.68 bits per heavy atom. The van der Waals surface area contributed by atoms with Gasteiger partial charge in [0.1, 0.15) is 0 Å². The highest BCUT2D eigenvalue weighted by atomic mass is 16.7. The van der Waals surface area contributed by atoms with Crippen LogP contribution in [0.5, 0.6) is 11.5 Å². The molecule has 0 radical (unpaired) electrons. The topological polar surface area (TPSA) is 48.5 Å². The number of ether oxygens (including phenoxy) is 2. The van der Waals surface area contributed by atoms with Crippen molar-refractivity contribution in [3.05, 3.63) is 23.8 Å². The fourth-order valence-electron chi connectivity index (χ4n) is 5.74. The lowest BCUT2D eigenvalue weighted by Crippen LogP contribution is -2.57. The molecule has 7 heteroatoms. The van der Waals surface area contributed by atoms with E-state index in [0.717, 1.165) is 70.2 Å². The maximum atomic E-state index is 11.6. The summed E-state index contributed by atoms with van der Waals surface area (Å²) in [5, 5.41) is 0. The molecule has 7 nitrogen and oxygen atoms in total. The summed E-state index contributed by atoms with van der Waals surface area (Å²) in [5.74, 6) is 1.98. The summed E-state index contributed by atoms with van der Waals surface area (Å²) in [6.45, 7) is 11.9. The van der Waals surface area contributed by atoms with Crippen LogP contribution in [-0.2, 0) is 11.3 Å². The number of hydrogen-bond acceptors (Lipinski definition) is 6. The van der Waals surface area contributed by atoms with E-state index in [2.05, 4.69) is 26.8 Å². The van der Waals surface area contributed by atoms with Gasteiger partial charge >= 0.3 is 0 Å². The predicted molar refractivity (Wildman–Crippen MR) is 119 cm³/mol. The number of piperidine rings is 2. The zero-order valence-corrected chi connectivity index (χ0v) is 18.8. The van der Waals surface area contributed by atoms with Crippen LogP contribution in [-0.4, -0.2) is 96.7 Å². The van der Waals surface area contributed by atoms with E-state index in [1.54, 1.807) is 6.92 Å². The van der Waals surface area contributed by atoms with Crippen molar-refractivity contribution < 1.29 is 14.3 Å². The van der Waals surface area contributed by atoms with Gasteiger partial charge in [-0.05, 0) is 49.9 Å². The van der Waals surface area contributed by atoms with Crippen LogP contribution >= 0.6 is 0 Å². The van der Waals surface area contributed by atoms with Gasteiger partial charge in [0.2, 0.25) is 12.7 Å². The first kappa shape index (κ1) is 21.0. The van der Waals surface area contributed by atoms with Gasteiger partial charge in [-0.25, -0.2) is 0 Å². The summed E-state index contributed by atoms with van der Waals surface area (Å²) in [6, 6.07) is 7.67. The molecule has 0 saturated carbocycles. The van der Waals surface area contributed by atoms with Gasteiger partial charge < -0.3 is 14.4 Å². The van der Waals surface area contributed by atoms with Crippen LogP contribution in [0, 0.1) is 0 Å². The zero-order valence-electron chi connectivity index (χ0n) is 18.8. The van der Waals surface area contributed by atoms with Crippen molar-refractivity contribution >= 4 is 5.91 Å². The summed E-state index contributed by atoms with van der Waals surface area (Å²) in [6.07, 6.45) is 4.89. The first-order valence-corrected chi connectivity index (χ1v) is 12.0. The second kappa shape index (κ2) is 9.35. The number of carbonyl (C=O) groups is 1. The Hall–Kier alpha value is -1.83. The van der Waals surface area contributed by atoms with Gasteiger partial charge in [-0.15, -0.1) is 0 Å². The van der Waals surface area contributed by atoms with Crippen LogP contribution in [0.15, 0.2) is 18.2 Å². The van der Waals surface area contributed by atoms with E-state index in [1.165, 1.54) is 31.5 Å². The van der Waals surface area contributed by atoms with Crippen molar-refractivity contribution in [1.29, 1.82) is 0 Å². The van der Waals surface area contributed by atoms with Crippen LogP contribution in [0.3, 0.4) is 0 Å². The molecule has 0 bridgehead atoms. The van der Waals surface area contributed by atoms with E-state index in [-0.39, 0.29) is 5.91 Å². The maximum absolute atomic E-state index is 11.6. The lowest BCUT2D eigenvalue weighted by molar-refractivity contribution is -0.130. The Kier molecular flexibility index (Phi) is 6.34. The summed E-state index contributed by atoms with van der Waals surface area (Å²) in [7, 11) is 0. The molecule has 3 saturated heterocycles. The molecule has 0 unspecified atom stereocenters. The number of likely N-dealkylation sites (tertiary alicyclic amines) is 2. The monoisotopic (exact) mass is 428 g/mol. The summed E-state index contributed by atoms with van der Waals surface area (Å²) in [4.78, 5) is 21.7. The van der Waals surface area contributed by atoms with Crippen molar-refractivity contribution in [2.75, 3.05) is 59.2 Å². The molecule has 4 aliphatic rings. The molecule has 0 spiro atoms. The molecule has 1 aromatic rings. The number of nitrogens with zero attached hydrogens (tertiary/aromatic N) is 4. The molecular weight excluding hydrogens is 392 g/mol. The lowest BCUT2D eigenvalue weighted by Gasteiger charge is -2.46. The number of rotatable bonds is 4. The third-order valence-electron chi connectivity index (χ3n) is 7.62. The summed E-state index contributed by atoms with van der Waals surface area (Å²) < 4.78 is 11.0. The van der Waals surface area contributed by atoms with Crippen LogP contribution in [0.25, 0.3) is 0 Å². The van der Waals surface area contributed by atoms with E-state index >= 15 is 0 Å². The standard InChI is InChI=1S/C24H36N4O3/c1-19(29)26-9-6-21(7-10-26)28-8-2-3-22(17-28)27-13-11-25(12-14-27)16-20-4-5-23-24(15-20)31-18-30-23/h4-5,15,21-22H,2-3,6-14,16-18H2,1H3/t22-/m1/s1. The van der Waals surface area contributed by atoms with Crippen molar-refractivity contribution in [3.63, 3.8) is 0 Å². The zero-order chi connectivity index (χ0) is 21.2. The van der Waals surface area contributed by atoms with Gasteiger partial charge in [0.25, 0.3) is 0 Å². The molecule has 3 fully saturated rings. The first-order chi connectivity index (χ1) is 15.2.